The molecule has 0 saturated carbocycles. The van der Waals surface area contributed by atoms with E-state index < -0.39 is 6.04 Å². The molecule has 0 spiro atoms. The zero-order chi connectivity index (χ0) is 22.9. The van der Waals surface area contributed by atoms with Gasteiger partial charge in [0.1, 0.15) is 19.3 Å². The van der Waals surface area contributed by atoms with Gasteiger partial charge >= 0.3 is 0 Å². The molecule has 0 saturated heterocycles. The van der Waals surface area contributed by atoms with E-state index in [1.165, 1.54) is 0 Å². The molecule has 2 aromatic rings. The number of nitrogens with zero attached hydrogens (tertiary/aromatic N) is 1. The molecule has 1 aliphatic rings. The van der Waals surface area contributed by atoms with Crippen molar-refractivity contribution in [2.75, 3.05) is 19.8 Å². The molecule has 0 radical (unpaired) electrons. The van der Waals surface area contributed by atoms with Crippen molar-refractivity contribution in [2.45, 2.75) is 52.1 Å². The second-order valence-corrected chi connectivity index (χ2v) is 8.28. The first-order valence-electron chi connectivity index (χ1n) is 11.2. The molecule has 6 nitrogen and oxygen atoms in total. The van der Waals surface area contributed by atoms with Crippen LogP contribution in [0, 0.1) is 0 Å². The standard InChI is InChI=1S/C25H31ClN2O4/c1-3-13-27-25(30)21(4-2)28(17-19-5-9-20(26)10-6-19)24(29)12-8-18-7-11-22-23(16-18)32-15-14-31-22/h5-7,9-11,16,21H,3-4,8,12-15,17H2,1-2H3,(H,27,30)/t21-/m0/s1. The number of carbonyl (C=O) groups excluding carboxylic acids is 2. The van der Waals surface area contributed by atoms with Gasteiger partial charge in [-0.15, -0.1) is 0 Å². The fourth-order valence-corrected chi connectivity index (χ4v) is 3.84. The van der Waals surface area contributed by atoms with Crippen LogP contribution in [0.5, 0.6) is 11.5 Å². The largest absolute Gasteiger partial charge is 0.486 e. The smallest absolute Gasteiger partial charge is 0.242 e. The molecule has 1 atom stereocenters. The van der Waals surface area contributed by atoms with Crippen LogP contribution >= 0.6 is 11.6 Å². The fraction of sp³-hybridized carbons (Fsp3) is 0.440. The molecule has 0 aliphatic carbocycles. The molecular formula is C25H31ClN2O4. The summed E-state index contributed by atoms with van der Waals surface area (Å²) in [6, 6.07) is 12.6. The van der Waals surface area contributed by atoms with Crippen LogP contribution in [0.4, 0.5) is 0 Å². The number of halogens is 1. The molecule has 1 heterocycles. The van der Waals surface area contributed by atoms with Crippen molar-refractivity contribution < 1.29 is 19.1 Å². The second kappa shape index (κ2) is 11.8. The van der Waals surface area contributed by atoms with E-state index in [0.717, 1.165) is 23.3 Å². The summed E-state index contributed by atoms with van der Waals surface area (Å²) in [5, 5.41) is 3.57. The first-order valence-corrected chi connectivity index (χ1v) is 11.6. The number of hydrogen-bond donors (Lipinski definition) is 1. The molecule has 1 aliphatic heterocycles. The lowest BCUT2D eigenvalue weighted by Gasteiger charge is -2.31. The Balaban J connectivity index is 1.73. The van der Waals surface area contributed by atoms with Crippen molar-refractivity contribution >= 4 is 23.4 Å². The lowest BCUT2D eigenvalue weighted by Crippen LogP contribution is -2.49. The predicted octanol–water partition coefficient (Wildman–Crippen LogP) is 4.38. The third-order valence-electron chi connectivity index (χ3n) is 5.44. The van der Waals surface area contributed by atoms with Crippen molar-refractivity contribution in [2.24, 2.45) is 0 Å². The molecule has 0 aromatic heterocycles. The van der Waals surface area contributed by atoms with Crippen molar-refractivity contribution in [3.63, 3.8) is 0 Å². The molecule has 32 heavy (non-hydrogen) atoms. The maximum atomic E-state index is 13.3. The molecule has 0 unspecified atom stereocenters. The first-order chi connectivity index (χ1) is 15.5. The minimum absolute atomic E-state index is 0.0617. The number of ether oxygens (including phenoxy) is 2. The highest BCUT2D eigenvalue weighted by Crippen LogP contribution is 2.31. The number of nitrogens with one attached hydrogen (secondary N) is 1. The van der Waals surface area contributed by atoms with E-state index in [1.807, 2.05) is 44.2 Å². The Bertz CT molecular complexity index is 917. The van der Waals surface area contributed by atoms with Crippen molar-refractivity contribution in [3.05, 3.63) is 58.6 Å². The number of benzene rings is 2. The quantitative estimate of drug-likeness (QED) is 0.573. The van der Waals surface area contributed by atoms with Crippen LogP contribution in [0.1, 0.15) is 44.2 Å². The van der Waals surface area contributed by atoms with Gasteiger partial charge in [-0.05, 0) is 54.7 Å². The van der Waals surface area contributed by atoms with Crippen LogP contribution in [-0.2, 0) is 22.6 Å². The van der Waals surface area contributed by atoms with Gasteiger partial charge in [-0.3, -0.25) is 9.59 Å². The summed E-state index contributed by atoms with van der Waals surface area (Å²) >= 11 is 6.01. The van der Waals surface area contributed by atoms with Gasteiger partial charge in [-0.2, -0.15) is 0 Å². The monoisotopic (exact) mass is 458 g/mol. The number of carbonyl (C=O) groups is 2. The number of rotatable bonds is 10. The zero-order valence-electron chi connectivity index (χ0n) is 18.7. The van der Waals surface area contributed by atoms with Crippen LogP contribution in [0.15, 0.2) is 42.5 Å². The van der Waals surface area contributed by atoms with Gasteiger partial charge in [0, 0.05) is 24.5 Å². The van der Waals surface area contributed by atoms with E-state index in [4.69, 9.17) is 21.1 Å². The van der Waals surface area contributed by atoms with Crippen LogP contribution in [-0.4, -0.2) is 42.5 Å². The molecule has 0 fully saturated rings. The van der Waals surface area contributed by atoms with E-state index in [0.29, 0.717) is 56.3 Å². The maximum absolute atomic E-state index is 13.3. The van der Waals surface area contributed by atoms with Gasteiger partial charge in [0.15, 0.2) is 11.5 Å². The Morgan fingerprint density at radius 2 is 1.72 bits per heavy atom. The Kier molecular flexibility index (Phi) is 8.80. The van der Waals surface area contributed by atoms with Crippen molar-refractivity contribution in [1.29, 1.82) is 0 Å². The molecule has 2 amide bonds. The maximum Gasteiger partial charge on any atom is 0.242 e. The molecule has 1 N–H and O–H groups in total. The number of amides is 2. The summed E-state index contributed by atoms with van der Waals surface area (Å²) in [4.78, 5) is 27.8. The molecule has 0 bridgehead atoms. The Hall–Kier alpha value is -2.73. The minimum Gasteiger partial charge on any atom is -0.486 e. The minimum atomic E-state index is -0.523. The molecule has 2 aromatic carbocycles. The van der Waals surface area contributed by atoms with Gasteiger partial charge in [-0.1, -0.05) is 43.6 Å². The molecular weight excluding hydrogens is 428 g/mol. The highest BCUT2D eigenvalue weighted by atomic mass is 35.5. The molecule has 7 heteroatoms. The first kappa shape index (κ1) is 23.9. The highest BCUT2D eigenvalue weighted by molar-refractivity contribution is 6.30. The topological polar surface area (TPSA) is 67.9 Å². The van der Waals surface area contributed by atoms with Crippen molar-refractivity contribution in [3.8, 4) is 11.5 Å². The van der Waals surface area contributed by atoms with E-state index >= 15 is 0 Å². The Morgan fingerprint density at radius 3 is 2.41 bits per heavy atom. The molecule has 3 rings (SSSR count). The van der Waals surface area contributed by atoms with Gasteiger partial charge < -0.3 is 19.7 Å². The average molecular weight is 459 g/mol. The van der Waals surface area contributed by atoms with Crippen molar-refractivity contribution in [1.82, 2.24) is 10.2 Å². The average Bonchev–Trinajstić information content (AvgIpc) is 2.82. The third kappa shape index (κ3) is 6.39. The van der Waals surface area contributed by atoms with E-state index in [9.17, 15) is 9.59 Å². The summed E-state index contributed by atoms with van der Waals surface area (Å²) in [6.45, 7) is 5.95. The number of fused-ring (bicyclic) bond motifs is 1. The third-order valence-corrected chi connectivity index (χ3v) is 5.69. The van der Waals surface area contributed by atoms with Gasteiger partial charge in [0.05, 0.1) is 0 Å². The van der Waals surface area contributed by atoms with Crippen LogP contribution in [0.2, 0.25) is 5.02 Å². The van der Waals surface area contributed by atoms with Gasteiger partial charge in [0.25, 0.3) is 0 Å². The van der Waals surface area contributed by atoms with E-state index in [2.05, 4.69) is 5.32 Å². The second-order valence-electron chi connectivity index (χ2n) is 7.84. The fourth-order valence-electron chi connectivity index (χ4n) is 3.71. The SMILES string of the molecule is CCCNC(=O)[C@H](CC)N(Cc1ccc(Cl)cc1)C(=O)CCc1ccc2c(c1)OCCO2. The van der Waals surface area contributed by atoms with Crippen LogP contribution < -0.4 is 14.8 Å². The number of hydrogen-bond acceptors (Lipinski definition) is 4. The normalized spacial score (nSPS) is 13.3. The zero-order valence-corrected chi connectivity index (χ0v) is 19.5. The number of aryl methyl sites for hydroxylation is 1. The summed E-state index contributed by atoms with van der Waals surface area (Å²) in [5.74, 6) is 1.27. The van der Waals surface area contributed by atoms with Crippen LogP contribution in [0.3, 0.4) is 0 Å². The summed E-state index contributed by atoms with van der Waals surface area (Å²) in [6.07, 6.45) is 2.24. The van der Waals surface area contributed by atoms with Gasteiger partial charge in [-0.25, -0.2) is 0 Å². The predicted molar refractivity (Wildman–Crippen MR) is 125 cm³/mol. The van der Waals surface area contributed by atoms with E-state index in [1.54, 1.807) is 17.0 Å². The molecule has 172 valence electrons. The highest BCUT2D eigenvalue weighted by Gasteiger charge is 2.28. The van der Waals surface area contributed by atoms with E-state index in [-0.39, 0.29) is 11.8 Å². The summed E-state index contributed by atoms with van der Waals surface area (Å²) in [7, 11) is 0. The lowest BCUT2D eigenvalue weighted by molar-refractivity contribution is -0.141. The van der Waals surface area contributed by atoms with Crippen LogP contribution in [0.25, 0.3) is 0 Å². The summed E-state index contributed by atoms with van der Waals surface area (Å²) in [5.41, 5.74) is 1.93. The van der Waals surface area contributed by atoms with Gasteiger partial charge in [0.2, 0.25) is 11.8 Å². The Morgan fingerprint density at radius 1 is 1.03 bits per heavy atom. The Labute approximate surface area is 194 Å². The summed E-state index contributed by atoms with van der Waals surface area (Å²) < 4.78 is 11.2. The lowest BCUT2D eigenvalue weighted by atomic mass is 10.1.